The average molecular weight is 615 g/mol. The topological polar surface area (TPSA) is 50.6 Å². The van der Waals surface area contributed by atoms with Crippen molar-refractivity contribution < 1.29 is 4.74 Å². The maximum absolute atomic E-state index is 13.2. The second-order valence-electron chi connectivity index (χ2n) is 12.2. The molecule has 0 unspecified atom stereocenters. The highest BCUT2D eigenvalue weighted by Crippen LogP contribution is 2.19. The fourth-order valence-electron chi connectivity index (χ4n) is 6.06. The number of hydrogen-bond acceptors (Lipinski definition) is 5. The summed E-state index contributed by atoms with van der Waals surface area (Å²) in [5.41, 5.74) is 3.35. The maximum Gasteiger partial charge on any atom is 0.274 e. The van der Waals surface area contributed by atoms with Gasteiger partial charge < -0.3 is 14.5 Å². The Bertz CT molecular complexity index is 1500. The van der Waals surface area contributed by atoms with Crippen LogP contribution in [-0.4, -0.2) is 66.0 Å². The van der Waals surface area contributed by atoms with Gasteiger partial charge in [0.2, 0.25) is 0 Å². The smallest absolute Gasteiger partial charge is 0.274 e. The van der Waals surface area contributed by atoms with Gasteiger partial charge in [0.15, 0.2) is 0 Å². The molecule has 0 atom stereocenters. The zero-order chi connectivity index (χ0) is 30.6. The first-order chi connectivity index (χ1) is 21.5. The largest absolute Gasteiger partial charge is 0.494 e. The molecule has 1 aromatic heterocycles. The van der Waals surface area contributed by atoms with Crippen LogP contribution in [0.5, 0.6) is 5.75 Å². The van der Waals surface area contributed by atoms with E-state index < -0.39 is 0 Å². The number of aryl methyl sites for hydroxylation is 1. The molecule has 0 bridgehead atoms. The van der Waals surface area contributed by atoms with Gasteiger partial charge in [-0.1, -0.05) is 66.9 Å². The van der Waals surface area contributed by atoms with E-state index in [1.807, 2.05) is 48.5 Å². The third kappa shape index (κ3) is 9.65. The van der Waals surface area contributed by atoms with E-state index in [-0.39, 0.29) is 5.56 Å². The normalized spacial score (nSPS) is 14.2. The summed E-state index contributed by atoms with van der Waals surface area (Å²) < 4.78 is 7.65. The first-order valence-electron chi connectivity index (χ1n) is 16.4. The zero-order valence-electron chi connectivity index (χ0n) is 26.2. The maximum atomic E-state index is 13.2. The van der Waals surface area contributed by atoms with Crippen LogP contribution in [0.4, 0.5) is 0 Å². The number of nitrogens with zero attached hydrogens (tertiary/aromatic N) is 4. The Kier molecular flexibility index (Phi) is 12.3. The Labute approximate surface area is 267 Å². The van der Waals surface area contributed by atoms with Crippen molar-refractivity contribution in [2.75, 3.05) is 46.4 Å². The van der Waals surface area contributed by atoms with E-state index in [1.54, 1.807) is 4.68 Å². The van der Waals surface area contributed by atoms with Crippen LogP contribution in [0.1, 0.15) is 61.8 Å². The van der Waals surface area contributed by atoms with E-state index in [0.29, 0.717) is 18.0 Å². The fourth-order valence-corrected chi connectivity index (χ4v) is 6.19. The van der Waals surface area contributed by atoms with Gasteiger partial charge in [-0.3, -0.25) is 4.79 Å². The standard InChI is InChI=1S/C37H47ClN4O2/c1-40(22-9-6-11-30-16-20-33(21-17-30)44-28-10-25-41-23-7-2-3-8-24-41)26-27-42-37(43)35-13-5-4-12-34(35)36(39-42)29-31-14-18-32(38)19-15-31/h4-5,12-21H,2-3,6-11,22-29H2,1H3. The van der Waals surface area contributed by atoms with Crippen molar-refractivity contribution >= 4 is 22.4 Å². The number of fused-ring (bicyclic) bond motifs is 1. The lowest BCUT2D eigenvalue weighted by Gasteiger charge is -2.19. The molecule has 1 aliphatic heterocycles. The molecule has 0 saturated carbocycles. The Morgan fingerprint density at radius 3 is 2.25 bits per heavy atom. The van der Waals surface area contributed by atoms with Crippen molar-refractivity contribution in [2.24, 2.45) is 0 Å². The molecule has 234 valence electrons. The Morgan fingerprint density at radius 2 is 1.50 bits per heavy atom. The van der Waals surface area contributed by atoms with Crippen LogP contribution < -0.4 is 10.3 Å². The van der Waals surface area contributed by atoms with E-state index in [4.69, 9.17) is 21.4 Å². The first-order valence-corrected chi connectivity index (χ1v) is 16.8. The number of benzene rings is 3. The van der Waals surface area contributed by atoms with Crippen molar-refractivity contribution in [3.05, 3.63) is 105 Å². The van der Waals surface area contributed by atoms with Crippen LogP contribution in [-0.2, 0) is 19.4 Å². The van der Waals surface area contributed by atoms with E-state index in [1.165, 1.54) is 44.3 Å². The highest BCUT2D eigenvalue weighted by molar-refractivity contribution is 6.30. The van der Waals surface area contributed by atoms with Crippen LogP contribution in [0.15, 0.2) is 77.6 Å². The van der Waals surface area contributed by atoms with Gasteiger partial charge in [-0.25, -0.2) is 4.68 Å². The van der Waals surface area contributed by atoms with Crippen molar-refractivity contribution in [1.29, 1.82) is 0 Å². The molecule has 3 aromatic carbocycles. The van der Waals surface area contributed by atoms with E-state index >= 15 is 0 Å². The molecule has 44 heavy (non-hydrogen) atoms. The summed E-state index contributed by atoms with van der Waals surface area (Å²) in [6.45, 7) is 6.75. The number of likely N-dealkylation sites (tertiary alicyclic amines) is 1. The minimum Gasteiger partial charge on any atom is -0.494 e. The number of hydrogen-bond donors (Lipinski definition) is 0. The second-order valence-corrected chi connectivity index (χ2v) is 12.6. The highest BCUT2D eigenvalue weighted by atomic mass is 35.5. The van der Waals surface area contributed by atoms with E-state index in [0.717, 1.165) is 79.7 Å². The Hall–Kier alpha value is -3.19. The summed E-state index contributed by atoms with van der Waals surface area (Å²) in [5.74, 6) is 0.971. The second kappa shape index (κ2) is 16.8. The third-order valence-corrected chi connectivity index (χ3v) is 8.94. The van der Waals surface area contributed by atoms with Crippen LogP contribution in [0, 0.1) is 0 Å². The van der Waals surface area contributed by atoms with Gasteiger partial charge >= 0.3 is 0 Å². The molecule has 1 aliphatic rings. The molecule has 2 heterocycles. The molecule has 4 aromatic rings. The zero-order valence-corrected chi connectivity index (χ0v) is 27.0. The van der Waals surface area contributed by atoms with Crippen LogP contribution in [0.25, 0.3) is 10.8 Å². The van der Waals surface area contributed by atoms with E-state index in [9.17, 15) is 4.79 Å². The lowest BCUT2D eigenvalue weighted by molar-refractivity contribution is 0.240. The molecule has 6 nitrogen and oxygen atoms in total. The van der Waals surface area contributed by atoms with Gasteiger partial charge in [0.1, 0.15) is 5.75 Å². The average Bonchev–Trinajstić information content (AvgIpc) is 3.33. The number of unbranched alkanes of at least 4 members (excludes halogenated alkanes) is 1. The van der Waals surface area contributed by atoms with Crippen molar-refractivity contribution in [3.8, 4) is 5.75 Å². The van der Waals surface area contributed by atoms with Crippen LogP contribution >= 0.6 is 11.6 Å². The van der Waals surface area contributed by atoms with Crippen molar-refractivity contribution in [1.82, 2.24) is 19.6 Å². The molecule has 5 rings (SSSR count). The number of likely N-dealkylation sites (N-methyl/N-ethyl adjacent to an activating group) is 1. The summed E-state index contributed by atoms with van der Waals surface area (Å²) in [5, 5.41) is 7.17. The Balaban J connectivity index is 1.03. The lowest BCUT2D eigenvalue weighted by atomic mass is 10.0. The molecule has 1 fully saturated rings. The molecule has 1 saturated heterocycles. The van der Waals surface area contributed by atoms with Gasteiger partial charge in [0.05, 0.1) is 24.2 Å². The predicted molar refractivity (Wildman–Crippen MR) is 182 cm³/mol. The number of rotatable bonds is 15. The first kappa shape index (κ1) is 32.2. The molecule has 0 radical (unpaired) electrons. The Morgan fingerprint density at radius 1 is 0.795 bits per heavy atom. The SMILES string of the molecule is CN(CCCCc1ccc(OCCCN2CCCCCC2)cc1)CCn1nc(Cc2ccc(Cl)cc2)c2ccccc2c1=O. The minimum absolute atomic E-state index is 0.0290. The number of halogens is 1. The van der Waals surface area contributed by atoms with Crippen LogP contribution in [0.2, 0.25) is 5.02 Å². The third-order valence-electron chi connectivity index (χ3n) is 8.69. The minimum atomic E-state index is -0.0290. The van der Waals surface area contributed by atoms with Gasteiger partial charge in [-0.05, 0) is 107 Å². The van der Waals surface area contributed by atoms with Gasteiger partial charge in [0, 0.05) is 29.9 Å². The van der Waals surface area contributed by atoms with Gasteiger partial charge in [-0.15, -0.1) is 0 Å². The monoisotopic (exact) mass is 614 g/mol. The lowest BCUT2D eigenvalue weighted by Crippen LogP contribution is -2.31. The highest BCUT2D eigenvalue weighted by Gasteiger charge is 2.12. The molecule has 0 spiro atoms. The van der Waals surface area contributed by atoms with Crippen LogP contribution in [0.3, 0.4) is 0 Å². The molecule has 0 aliphatic carbocycles. The van der Waals surface area contributed by atoms with Gasteiger partial charge in [0.25, 0.3) is 5.56 Å². The quantitative estimate of drug-likeness (QED) is 0.132. The number of aromatic nitrogens is 2. The summed E-state index contributed by atoms with van der Waals surface area (Å²) in [6, 6.07) is 24.2. The molecular weight excluding hydrogens is 568 g/mol. The van der Waals surface area contributed by atoms with Gasteiger partial charge in [-0.2, -0.15) is 5.10 Å². The summed E-state index contributed by atoms with van der Waals surface area (Å²) in [7, 11) is 2.12. The van der Waals surface area contributed by atoms with E-state index in [2.05, 4.69) is 41.1 Å². The summed E-state index contributed by atoms with van der Waals surface area (Å²) in [6.07, 6.45) is 10.5. The van der Waals surface area contributed by atoms with Crippen molar-refractivity contribution in [2.45, 2.75) is 64.3 Å². The predicted octanol–water partition coefficient (Wildman–Crippen LogP) is 7.24. The number of ether oxygens (including phenoxy) is 1. The summed E-state index contributed by atoms with van der Waals surface area (Å²) >= 11 is 6.08. The van der Waals surface area contributed by atoms with Crippen molar-refractivity contribution in [3.63, 3.8) is 0 Å². The molecule has 0 N–H and O–H groups in total. The molecule has 0 amide bonds. The molecular formula is C37H47ClN4O2. The molecule has 7 heteroatoms. The fraction of sp³-hybridized carbons (Fsp3) is 0.459. The summed E-state index contributed by atoms with van der Waals surface area (Å²) in [4.78, 5) is 18.1.